The van der Waals surface area contributed by atoms with E-state index in [1.165, 1.54) is 18.2 Å². The van der Waals surface area contributed by atoms with Crippen molar-refractivity contribution in [2.75, 3.05) is 10.6 Å². The molecule has 0 aliphatic rings. The average molecular weight is 391 g/mol. The summed E-state index contributed by atoms with van der Waals surface area (Å²) in [5.74, 6) is -0.139. The van der Waals surface area contributed by atoms with E-state index < -0.39 is 5.91 Å². The number of benzene rings is 2. The molecule has 0 radical (unpaired) electrons. The van der Waals surface area contributed by atoms with Crippen LogP contribution < -0.4 is 10.6 Å². The standard InChI is InChI=1S/C18H13Cl2FN4O/c1-10-22-15(18(26)25-17-13(19)6-3-7-14(17)20)9-16(23-10)24-12-5-2-4-11(21)8-12/h2-9H,1H3,(H,25,26)(H,22,23,24). The molecule has 0 fully saturated rings. The molecule has 0 bridgehead atoms. The number of carbonyl (C=O) groups excluding carboxylic acids is 1. The summed E-state index contributed by atoms with van der Waals surface area (Å²) in [7, 11) is 0. The maximum Gasteiger partial charge on any atom is 0.274 e. The monoisotopic (exact) mass is 390 g/mol. The predicted molar refractivity (Wildman–Crippen MR) is 101 cm³/mol. The third-order valence-electron chi connectivity index (χ3n) is 3.37. The first-order valence-corrected chi connectivity index (χ1v) is 8.31. The van der Waals surface area contributed by atoms with Crippen molar-refractivity contribution in [1.29, 1.82) is 0 Å². The van der Waals surface area contributed by atoms with E-state index in [-0.39, 0.29) is 11.5 Å². The molecular weight excluding hydrogens is 378 g/mol. The lowest BCUT2D eigenvalue weighted by atomic mass is 10.2. The molecule has 26 heavy (non-hydrogen) atoms. The molecule has 3 rings (SSSR count). The van der Waals surface area contributed by atoms with Gasteiger partial charge in [0.2, 0.25) is 0 Å². The molecule has 0 aliphatic carbocycles. The van der Waals surface area contributed by atoms with Crippen molar-refractivity contribution in [3.8, 4) is 0 Å². The van der Waals surface area contributed by atoms with E-state index in [2.05, 4.69) is 20.6 Å². The summed E-state index contributed by atoms with van der Waals surface area (Å²) >= 11 is 12.1. The molecule has 0 atom stereocenters. The van der Waals surface area contributed by atoms with E-state index in [9.17, 15) is 9.18 Å². The Balaban J connectivity index is 1.86. The zero-order valence-corrected chi connectivity index (χ0v) is 15.1. The summed E-state index contributed by atoms with van der Waals surface area (Å²) < 4.78 is 13.3. The van der Waals surface area contributed by atoms with Crippen LogP contribution in [-0.4, -0.2) is 15.9 Å². The minimum atomic E-state index is -0.493. The second-order valence-corrected chi connectivity index (χ2v) is 6.19. The highest BCUT2D eigenvalue weighted by molar-refractivity contribution is 6.40. The first-order valence-electron chi connectivity index (χ1n) is 7.56. The normalized spacial score (nSPS) is 10.5. The number of nitrogens with one attached hydrogen (secondary N) is 2. The van der Waals surface area contributed by atoms with Gasteiger partial charge < -0.3 is 10.6 Å². The third-order valence-corrected chi connectivity index (χ3v) is 4.00. The van der Waals surface area contributed by atoms with Crippen LogP contribution in [0.3, 0.4) is 0 Å². The highest BCUT2D eigenvalue weighted by Gasteiger charge is 2.14. The number of hydrogen-bond donors (Lipinski definition) is 2. The van der Waals surface area contributed by atoms with Crippen molar-refractivity contribution in [3.05, 3.63) is 75.9 Å². The molecule has 0 spiro atoms. The lowest BCUT2D eigenvalue weighted by Crippen LogP contribution is -2.16. The zero-order chi connectivity index (χ0) is 18.7. The van der Waals surface area contributed by atoms with Gasteiger partial charge in [0.15, 0.2) is 0 Å². The number of halogens is 3. The number of aryl methyl sites for hydroxylation is 1. The van der Waals surface area contributed by atoms with Crippen LogP contribution >= 0.6 is 23.2 Å². The van der Waals surface area contributed by atoms with Crippen molar-refractivity contribution >= 4 is 46.3 Å². The molecule has 8 heteroatoms. The Hall–Kier alpha value is -2.70. The Morgan fingerprint density at radius 2 is 1.73 bits per heavy atom. The topological polar surface area (TPSA) is 66.9 Å². The van der Waals surface area contributed by atoms with Gasteiger partial charge in [0, 0.05) is 11.8 Å². The Bertz CT molecular complexity index is 961. The minimum absolute atomic E-state index is 0.118. The van der Waals surface area contributed by atoms with Gasteiger partial charge in [-0.2, -0.15) is 0 Å². The SMILES string of the molecule is Cc1nc(Nc2cccc(F)c2)cc(C(=O)Nc2c(Cl)cccc2Cl)n1. The molecule has 5 nitrogen and oxygen atoms in total. The summed E-state index contributed by atoms with van der Waals surface area (Å²) in [4.78, 5) is 20.9. The maximum absolute atomic E-state index is 13.3. The van der Waals surface area contributed by atoms with Crippen LogP contribution in [0, 0.1) is 12.7 Å². The highest BCUT2D eigenvalue weighted by atomic mass is 35.5. The van der Waals surface area contributed by atoms with Gasteiger partial charge >= 0.3 is 0 Å². The van der Waals surface area contributed by atoms with Crippen molar-refractivity contribution in [1.82, 2.24) is 9.97 Å². The Morgan fingerprint density at radius 3 is 2.42 bits per heavy atom. The van der Waals surface area contributed by atoms with Crippen molar-refractivity contribution in [2.24, 2.45) is 0 Å². The number of rotatable bonds is 4. The number of carbonyl (C=O) groups is 1. The fourth-order valence-electron chi connectivity index (χ4n) is 2.26. The summed E-state index contributed by atoms with van der Waals surface area (Å²) in [6.07, 6.45) is 0. The number of hydrogen-bond acceptors (Lipinski definition) is 4. The van der Waals surface area contributed by atoms with Gasteiger partial charge in [-0.1, -0.05) is 35.3 Å². The zero-order valence-electron chi connectivity index (χ0n) is 13.6. The van der Waals surface area contributed by atoms with Crippen LogP contribution in [0.2, 0.25) is 10.0 Å². The second kappa shape index (κ2) is 7.68. The first kappa shape index (κ1) is 18.1. The average Bonchev–Trinajstić information content (AvgIpc) is 2.57. The molecule has 1 aromatic heterocycles. The molecule has 2 aromatic carbocycles. The number of nitrogens with zero attached hydrogens (tertiary/aromatic N) is 2. The lowest BCUT2D eigenvalue weighted by Gasteiger charge is -2.11. The molecular formula is C18H13Cl2FN4O. The molecule has 0 saturated heterocycles. The molecule has 0 unspecified atom stereocenters. The van der Waals surface area contributed by atoms with Gasteiger partial charge in [-0.05, 0) is 37.3 Å². The van der Waals surface area contributed by atoms with Crippen molar-refractivity contribution < 1.29 is 9.18 Å². The Labute approximate surface area is 159 Å². The molecule has 3 aromatic rings. The molecule has 0 saturated carbocycles. The van der Waals surface area contributed by atoms with Crippen molar-refractivity contribution in [2.45, 2.75) is 6.92 Å². The highest BCUT2D eigenvalue weighted by Crippen LogP contribution is 2.30. The smallest absolute Gasteiger partial charge is 0.274 e. The van der Waals surface area contributed by atoms with Gasteiger partial charge in [0.25, 0.3) is 5.91 Å². The van der Waals surface area contributed by atoms with E-state index in [1.807, 2.05) is 0 Å². The maximum atomic E-state index is 13.3. The van der Waals surface area contributed by atoms with E-state index in [4.69, 9.17) is 23.2 Å². The quantitative estimate of drug-likeness (QED) is 0.640. The van der Waals surface area contributed by atoms with Gasteiger partial charge in [-0.25, -0.2) is 14.4 Å². The fraction of sp³-hybridized carbons (Fsp3) is 0.0556. The van der Waals surface area contributed by atoms with Crippen molar-refractivity contribution in [3.63, 3.8) is 0 Å². The number of amides is 1. The van der Waals surface area contributed by atoms with E-state index in [0.717, 1.165) is 0 Å². The summed E-state index contributed by atoms with van der Waals surface area (Å²) in [6.45, 7) is 1.65. The molecule has 132 valence electrons. The number of anilines is 3. The summed E-state index contributed by atoms with van der Waals surface area (Å²) in [5, 5.41) is 6.21. The number of aromatic nitrogens is 2. The largest absolute Gasteiger partial charge is 0.340 e. The number of para-hydroxylation sites is 1. The van der Waals surface area contributed by atoms with Crippen LogP contribution in [0.15, 0.2) is 48.5 Å². The van der Waals surface area contributed by atoms with Crippen LogP contribution in [-0.2, 0) is 0 Å². The molecule has 2 N–H and O–H groups in total. The third kappa shape index (κ3) is 4.28. The van der Waals surface area contributed by atoms with Crippen LogP contribution in [0.25, 0.3) is 0 Å². The van der Waals surface area contributed by atoms with Gasteiger partial charge in [-0.3, -0.25) is 4.79 Å². The Morgan fingerprint density at radius 1 is 1.04 bits per heavy atom. The van der Waals surface area contributed by atoms with E-state index in [1.54, 1.807) is 37.3 Å². The van der Waals surface area contributed by atoms with E-state index >= 15 is 0 Å². The molecule has 0 aliphatic heterocycles. The molecule has 1 heterocycles. The van der Waals surface area contributed by atoms with E-state index in [0.29, 0.717) is 33.1 Å². The summed E-state index contributed by atoms with van der Waals surface area (Å²) in [6, 6.07) is 12.3. The van der Waals surface area contributed by atoms with Gasteiger partial charge in [0.1, 0.15) is 23.2 Å². The summed E-state index contributed by atoms with van der Waals surface area (Å²) in [5.41, 5.74) is 0.924. The Kier molecular flexibility index (Phi) is 5.35. The second-order valence-electron chi connectivity index (χ2n) is 5.37. The van der Waals surface area contributed by atoms with Crippen LogP contribution in [0.4, 0.5) is 21.6 Å². The fourth-order valence-corrected chi connectivity index (χ4v) is 2.75. The van der Waals surface area contributed by atoms with Gasteiger partial charge in [-0.15, -0.1) is 0 Å². The van der Waals surface area contributed by atoms with Crippen LogP contribution in [0.1, 0.15) is 16.3 Å². The minimum Gasteiger partial charge on any atom is -0.340 e. The lowest BCUT2D eigenvalue weighted by molar-refractivity contribution is 0.102. The van der Waals surface area contributed by atoms with Gasteiger partial charge in [0.05, 0.1) is 15.7 Å². The van der Waals surface area contributed by atoms with Crippen LogP contribution in [0.5, 0.6) is 0 Å². The first-order chi connectivity index (χ1) is 12.4. The predicted octanol–water partition coefficient (Wildman–Crippen LogP) is 5.23. The molecule has 1 amide bonds.